The summed E-state index contributed by atoms with van der Waals surface area (Å²) in [6.45, 7) is 10.7. The van der Waals surface area contributed by atoms with Crippen molar-refractivity contribution in [3.63, 3.8) is 0 Å². The third kappa shape index (κ3) is 4.31. The summed E-state index contributed by atoms with van der Waals surface area (Å²) in [5.74, 6) is 0.0325. The van der Waals surface area contributed by atoms with Crippen molar-refractivity contribution in [1.29, 1.82) is 0 Å². The number of likely N-dealkylation sites (N-methyl/N-ethyl adjacent to an activating group) is 1. The zero-order valence-corrected chi connectivity index (χ0v) is 20.9. The van der Waals surface area contributed by atoms with Gasteiger partial charge in [0.05, 0.1) is 29.5 Å². The highest BCUT2D eigenvalue weighted by Crippen LogP contribution is 2.29. The van der Waals surface area contributed by atoms with E-state index in [1.807, 2.05) is 47.5 Å². The van der Waals surface area contributed by atoms with Crippen molar-refractivity contribution in [3.05, 3.63) is 48.3 Å². The zero-order chi connectivity index (χ0) is 24.9. The van der Waals surface area contributed by atoms with Gasteiger partial charge < -0.3 is 19.5 Å². The Bertz CT molecular complexity index is 1240. The van der Waals surface area contributed by atoms with Crippen LogP contribution in [0.3, 0.4) is 0 Å². The first-order chi connectivity index (χ1) is 16.6. The van der Waals surface area contributed by atoms with Crippen LogP contribution in [0.1, 0.15) is 33.4 Å². The largest absolute Gasteiger partial charge is 0.352 e. The van der Waals surface area contributed by atoms with E-state index in [0.29, 0.717) is 25.1 Å². The second-order valence-electron chi connectivity index (χ2n) is 10.4. The fourth-order valence-electron chi connectivity index (χ4n) is 4.97. The Morgan fingerprint density at radius 3 is 2.63 bits per heavy atom. The lowest BCUT2D eigenvalue weighted by Crippen LogP contribution is -2.57. The standard InChI is InChI=1S/C25H33FN8O/c1-16-13-34(17(2)12-31(16)5)24-28-10-19(26)22(29-24)32-14-18(15-32)23(35)30-25(3,4)20-11-27-21-8-6-7-9-33(20)21/h6-11,16-18H,12-15H2,1-5H3,(H,30,35)/t16-,17+/m1/s1. The SMILES string of the molecule is C[C@@H]1CN(c2ncc(F)c(N3CC(C(=O)NC(C)(C)c4cnc5ccccn45)C3)n2)[C@@H](C)CN1C. The second-order valence-corrected chi connectivity index (χ2v) is 10.4. The third-order valence-corrected chi connectivity index (χ3v) is 7.31. The Kier molecular flexibility index (Phi) is 5.86. The van der Waals surface area contributed by atoms with E-state index in [1.54, 1.807) is 6.20 Å². The van der Waals surface area contributed by atoms with Crippen molar-refractivity contribution >= 4 is 23.3 Å². The minimum Gasteiger partial charge on any atom is -0.352 e. The highest BCUT2D eigenvalue weighted by atomic mass is 19.1. The number of nitrogens with one attached hydrogen (secondary N) is 1. The van der Waals surface area contributed by atoms with E-state index in [-0.39, 0.29) is 23.7 Å². The first kappa shape index (κ1) is 23.5. The number of pyridine rings is 1. The first-order valence-corrected chi connectivity index (χ1v) is 12.1. The van der Waals surface area contributed by atoms with Crippen molar-refractivity contribution in [1.82, 2.24) is 29.6 Å². The fourth-order valence-corrected chi connectivity index (χ4v) is 4.97. The molecule has 0 spiro atoms. The number of rotatable bonds is 5. The molecular weight excluding hydrogens is 447 g/mol. The van der Waals surface area contributed by atoms with E-state index in [9.17, 15) is 9.18 Å². The average molecular weight is 481 g/mol. The molecule has 0 unspecified atom stereocenters. The molecule has 9 nitrogen and oxygen atoms in total. The van der Waals surface area contributed by atoms with E-state index in [4.69, 9.17) is 0 Å². The Morgan fingerprint density at radius 1 is 1.09 bits per heavy atom. The molecule has 2 fully saturated rings. The van der Waals surface area contributed by atoms with Crippen LogP contribution >= 0.6 is 0 Å². The molecule has 5 heterocycles. The number of fused-ring (bicyclic) bond motifs is 1. The highest BCUT2D eigenvalue weighted by molar-refractivity contribution is 5.82. The number of aromatic nitrogens is 4. The second kappa shape index (κ2) is 8.75. The van der Waals surface area contributed by atoms with Gasteiger partial charge in [0.1, 0.15) is 5.65 Å². The molecular formula is C25H33FN8O. The van der Waals surface area contributed by atoms with Crippen molar-refractivity contribution in [3.8, 4) is 0 Å². The van der Waals surface area contributed by atoms with Gasteiger partial charge in [-0.2, -0.15) is 4.98 Å². The minimum atomic E-state index is -0.611. The quantitative estimate of drug-likeness (QED) is 0.600. The first-order valence-electron chi connectivity index (χ1n) is 12.1. The van der Waals surface area contributed by atoms with Gasteiger partial charge in [0.2, 0.25) is 11.9 Å². The molecule has 0 aromatic carbocycles. The Balaban J connectivity index is 1.26. The number of carbonyl (C=O) groups excluding carboxylic acids is 1. The molecule has 0 radical (unpaired) electrons. The van der Waals surface area contributed by atoms with Crippen LogP contribution in [0.25, 0.3) is 5.65 Å². The molecule has 186 valence electrons. The normalized spacial score (nSPS) is 21.9. The Morgan fingerprint density at radius 2 is 1.86 bits per heavy atom. The van der Waals surface area contributed by atoms with Crippen LogP contribution in [0.15, 0.2) is 36.8 Å². The molecule has 0 saturated carbocycles. The number of piperazine rings is 1. The Labute approximate surface area is 205 Å². The monoisotopic (exact) mass is 480 g/mol. The van der Waals surface area contributed by atoms with Crippen LogP contribution in [0.5, 0.6) is 0 Å². The fraction of sp³-hybridized carbons (Fsp3) is 0.520. The van der Waals surface area contributed by atoms with Crippen LogP contribution in [0.2, 0.25) is 0 Å². The van der Waals surface area contributed by atoms with Gasteiger partial charge in [-0.1, -0.05) is 6.07 Å². The topological polar surface area (TPSA) is 81.9 Å². The molecule has 0 bridgehead atoms. The van der Waals surface area contributed by atoms with E-state index in [1.165, 1.54) is 6.20 Å². The summed E-state index contributed by atoms with van der Waals surface area (Å²) in [7, 11) is 2.11. The number of carbonyl (C=O) groups is 1. The number of imidazole rings is 1. The van der Waals surface area contributed by atoms with Crippen molar-refractivity contribution in [2.24, 2.45) is 5.92 Å². The molecule has 0 aliphatic carbocycles. The molecule has 1 amide bonds. The lowest BCUT2D eigenvalue weighted by Gasteiger charge is -2.43. The lowest BCUT2D eigenvalue weighted by molar-refractivity contribution is -0.127. The number of halogens is 1. The van der Waals surface area contributed by atoms with Gasteiger partial charge in [-0.3, -0.25) is 9.69 Å². The molecule has 3 aromatic rings. The predicted molar refractivity (Wildman–Crippen MR) is 133 cm³/mol. The molecule has 3 aromatic heterocycles. The van der Waals surface area contributed by atoms with E-state index >= 15 is 0 Å². The van der Waals surface area contributed by atoms with Gasteiger partial charge in [-0.15, -0.1) is 0 Å². The molecule has 2 atom stereocenters. The summed E-state index contributed by atoms with van der Waals surface area (Å²) in [5.41, 5.74) is 1.12. The molecule has 2 aliphatic heterocycles. The maximum atomic E-state index is 14.7. The summed E-state index contributed by atoms with van der Waals surface area (Å²) < 4.78 is 16.7. The lowest BCUT2D eigenvalue weighted by atomic mass is 9.95. The molecule has 5 rings (SSSR count). The van der Waals surface area contributed by atoms with Gasteiger partial charge in [0.15, 0.2) is 11.6 Å². The Hall–Kier alpha value is -3.27. The maximum Gasteiger partial charge on any atom is 0.227 e. The summed E-state index contributed by atoms with van der Waals surface area (Å²) in [6, 6.07) is 6.39. The molecule has 2 saturated heterocycles. The van der Waals surface area contributed by atoms with Crippen molar-refractivity contribution < 1.29 is 9.18 Å². The zero-order valence-electron chi connectivity index (χ0n) is 20.9. The highest BCUT2D eigenvalue weighted by Gasteiger charge is 2.38. The van der Waals surface area contributed by atoms with Crippen LogP contribution in [-0.2, 0) is 10.3 Å². The van der Waals surface area contributed by atoms with Crippen molar-refractivity contribution in [2.75, 3.05) is 43.0 Å². The molecule has 1 N–H and O–H groups in total. The molecule has 35 heavy (non-hydrogen) atoms. The van der Waals surface area contributed by atoms with Gasteiger partial charge in [-0.05, 0) is 46.9 Å². The minimum absolute atomic E-state index is 0.0617. The number of hydrogen-bond acceptors (Lipinski definition) is 7. The summed E-state index contributed by atoms with van der Waals surface area (Å²) in [5, 5.41) is 3.15. The smallest absolute Gasteiger partial charge is 0.227 e. The molecule has 10 heteroatoms. The predicted octanol–water partition coefficient (Wildman–Crippen LogP) is 2.28. The van der Waals surface area contributed by atoms with Gasteiger partial charge in [0.25, 0.3) is 0 Å². The van der Waals surface area contributed by atoms with Gasteiger partial charge in [-0.25, -0.2) is 14.4 Å². The van der Waals surface area contributed by atoms with Crippen molar-refractivity contribution in [2.45, 2.75) is 45.3 Å². The summed E-state index contributed by atoms with van der Waals surface area (Å²) in [4.78, 5) is 32.6. The summed E-state index contributed by atoms with van der Waals surface area (Å²) in [6.07, 6.45) is 4.98. The summed E-state index contributed by atoms with van der Waals surface area (Å²) >= 11 is 0. The number of nitrogens with zero attached hydrogens (tertiary/aromatic N) is 7. The van der Waals surface area contributed by atoms with Crippen LogP contribution in [0.4, 0.5) is 16.2 Å². The number of anilines is 2. The van der Waals surface area contributed by atoms with E-state index in [2.05, 4.69) is 51.0 Å². The number of hydrogen-bond donors (Lipinski definition) is 1. The van der Waals surface area contributed by atoms with Crippen LogP contribution in [-0.4, -0.2) is 75.5 Å². The van der Waals surface area contributed by atoms with E-state index < -0.39 is 11.4 Å². The number of amides is 1. The average Bonchev–Trinajstić information content (AvgIpc) is 3.21. The maximum absolute atomic E-state index is 14.7. The third-order valence-electron chi connectivity index (χ3n) is 7.31. The van der Waals surface area contributed by atoms with E-state index in [0.717, 1.165) is 24.4 Å². The van der Waals surface area contributed by atoms with Gasteiger partial charge >= 0.3 is 0 Å². The molecule has 2 aliphatic rings. The van der Waals surface area contributed by atoms with Crippen LogP contribution in [0, 0.1) is 11.7 Å². The van der Waals surface area contributed by atoms with Crippen LogP contribution < -0.4 is 15.1 Å². The van der Waals surface area contributed by atoms with Gasteiger partial charge in [0, 0.05) is 44.5 Å².